The molecule has 2 N–H and O–H groups in total. The van der Waals surface area contributed by atoms with Crippen LogP contribution in [0, 0.1) is 0 Å². The fraction of sp³-hybridized carbons (Fsp3) is 0.0625. The van der Waals surface area contributed by atoms with Gasteiger partial charge in [0.25, 0.3) is 0 Å². The SMILES string of the molecule is Nc1c(Cc2ccccc2)ccc2cccnc12. The number of pyridine rings is 1. The molecule has 0 atom stereocenters. The predicted molar refractivity (Wildman–Crippen MR) is 75.4 cm³/mol. The molecule has 0 bridgehead atoms. The van der Waals surface area contributed by atoms with Gasteiger partial charge in [0, 0.05) is 11.6 Å². The minimum Gasteiger partial charge on any atom is -0.397 e. The van der Waals surface area contributed by atoms with Crippen molar-refractivity contribution in [3.63, 3.8) is 0 Å². The van der Waals surface area contributed by atoms with E-state index in [4.69, 9.17) is 5.73 Å². The zero-order valence-electron chi connectivity index (χ0n) is 10.0. The van der Waals surface area contributed by atoms with E-state index < -0.39 is 0 Å². The van der Waals surface area contributed by atoms with Gasteiger partial charge in [-0.3, -0.25) is 4.98 Å². The molecule has 0 saturated carbocycles. The van der Waals surface area contributed by atoms with Crippen molar-refractivity contribution in [2.45, 2.75) is 6.42 Å². The van der Waals surface area contributed by atoms with Crippen LogP contribution in [0.4, 0.5) is 5.69 Å². The summed E-state index contributed by atoms with van der Waals surface area (Å²) in [7, 11) is 0. The monoisotopic (exact) mass is 234 g/mol. The third-order valence-corrected chi connectivity index (χ3v) is 3.14. The maximum atomic E-state index is 6.20. The van der Waals surface area contributed by atoms with E-state index in [9.17, 15) is 0 Å². The van der Waals surface area contributed by atoms with Crippen molar-refractivity contribution < 1.29 is 0 Å². The molecule has 0 radical (unpaired) electrons. The van der Waals surface area contributed by atoms with Crippen LogP contribution in [0.3, 0.4) is 0 Å². The number of anilines is 1. The van der Waals surface area contributed by atoms with E-state index in [1.165, 1.54) is 5.56 Å². The van der Waals surface area contributed by atoms with Crippen molar-refractivity contribution in [1.82, 2.24) is 4.98 Å². The highest BCUT2D eigenvalue weighted by molar-refractivity contribution is 5.90. The molecule has 88 valence electrons. The van der Waals surface area contributed by atoms with E-state index in [1.807, 2.05) is 30.3 Å². The molecule has 0 fully saturated rings. The molecule has 0 unspecified atom stereocenters. The Balaban J connectivity index is 2.05. The molecule has 0 amide bonds. The van der Waals surface area contributed by atoms with E-state index in [0.717, 1.165) is 28.6 Å². The average molecular weight is 234 g/mol. The third kappa shape index (κ3) is 1.93. The van der Waals surface area contributed by atoms with Crippen LogP contribution in [0.25, 0.3) is 10.9 Å². The molecule has 18 heavy (non-hydrogen) atoms. The average Bonchev–Trinajstić information content (AvgIpc) is 2.43. The molecule has 0 aliphatic carbocycles. The van der Waals surface area contributed by atoms with Gasteiger partial charge in [-0.05, 0) is 23.6 Å². The molecule has 3 aromatic rings. The summed E-state index contributed by atoms with van der Waals surface area (Å²) in [6, 6.07) is 18.5. The van der Waals surface area contributed by atoms with E-state index in [1.54, 1.807) is 6.20 Å². The predicted octanol–water partition coefficient (Wildman–Crippen LogP) is 3.41. The summed E-state index contributed by atoms with van der Waals surface area (Å²) < 4.78 is 0. The van der Waals surface area contributed by atoms with Crippen molar-refractivity contribution in [3.8, 4) is 0 Å². The van der Waals surface area contributed by atoms with E-state index in [-0.39, 0.29) is 0 Å². The van der Waals surface area contributed by atoms with E-state index >= 15 is 0 Å². The van der Waals surface area contributed by atoms with Crippen LogP contribution in [-0.4, -0.2) is 4.98 Å². The normalized spacial score (nSPS) is 10.7. The molecule has 0 saturated heterocycles. The first-order valence-electron chi connectivity index (χ1n) is 6.00. The molecular formula is C16H14N2. The Morgan fingerprint density at radius 1 is 0.889 bits per heavy atom. The Hall–Kier alpha value is -2.35. The van der Waals surface area contributed by atoms with Gasteiger partial charge in [-0.2, -0.15) is 0 Å². The number of nitrogen functional groups attached to an aromatic ring is 1. The number of hydrogen-bond donors (Lipinski definition) is 1. The van der Waals surface area contributed by atoms with Crippen LogP contribution >= 0.6 is 0 Å². The van der Waals surface area contributed by atoms with Gasteiger partial charge < -0.3 is 5.73 Å². The van der Waals surface area contributed by atoms with E-state index in [0.29, 0.717) is 0 Å². The van der Waals surface area contributed by atoms with Crippen LogP contribution in [0.2, 0.25) is 0 Å². The lowest BCUT2D eigenvalue weighted by molar-refractivity contribution is 1.20. The Labute approximate surface area is 106 Å². The van der Waals surface area contributed by atoms with Gasteiger partial charge in [-0.25, -0.2) is 0 Å². The highest BCUT2D eigenvalue weighted by Gasteiger charge is 2.05. The number of nitrogens with zero attached hydrogens (tertiary/aromatic N) is 1. The largest absolute Gasteiger partial charge is 0.397 e. The summed E-state index contributed by atoms with van der Waals surface area (Å²) in [5, 5.41) is 1.09. The van der Waals surface area contributed by atoms with Crippen LogP contribution in [0.5, 0.6) is 0 Å². The Morgan fingerprint density at radius 2 is 1.72 bits per heavy atom. The second-order valence-corrected chi connectivity index (χ2v) is 4.38. The molecule has 1 aromatic heterocycles. The van der Waals surface area contributed by atoms with Crippen LogP contribution in [-0.2, 0) is 6.42 Å². The number of rotatable bonds is 2. The molecular weight excluding hydrogens is 220 g/mol. The van der Waals surface area contributed by atoms with Gasteiger partial charge in [-0.15, -0.1) is 0 Å². The number of benzene rings is 2. The summed E-state index contributed by atoms with van der Waals surface area (Å²) in [5.41, 5.74) is 10.3. The van der Waals surface area contributed by atoms with Crippen molar-refractivity contribution in [1.29, 1.82) is 0 Å². The van der Waals surface area contributed by atoms with Gasteiger partial charge in [0.05, 0.1) is 11.2 Å². The molecule has 3 rings (SSSR count). The Bertz CT molecular complexity index is 675. The molecule has 0 aliphatic rings. The molecule has 2 nitrogen and oxygen atoms in total. The maximum absolute atomic E-state index is 6.20. The number of aromatic nitrogens is 1. The Kier molecular flexibility index (Phi) is 2.69. The molecule has 2 heteroatoms. The topological polar surface area (TPSA) is 38.9 Å². The first-order chi connectivity index (χ1) is 8.84. The molecule has 1 heterocycles. The summed E-state index contributed by atoms with van der Waals surface area (Å²) in [5.74, 6) is 0. The lowest BCUT2D eigenvalue weighted by Crippen LogP contribution is -1.98. The fourth-order valence-electron chi connectivity index (χ4n) is 2.18. The van der Waals surface area contributed by atoms with E-state index in [2.05, 4.69) is 29.2 Å². The number of hydrogen-bond acceptors (Lipinski definition) is 2. The van der Waals surface area contributed by atoms with Gasteiger partial charge in [0.15, 0.2) is 0 Å². The van der Waals surface area contributed by atoms with Gasteiger partial charge in [0.1, 0.15) is 0 Å². The van der Waals surface area contributed by atoms with Gasteiger partial charge in [0.2, 0.25) is 0 Å². The second kappa shape index (κ2) is 4.49. The smallest absolute Gasteiger partial charge is 0.0934 e. The standard InChI is InChI=1S/C16H14N2/c17-15-14(11-12-5-2-1-3-6-12)9-8-13-7-4-10-18-16(13)15/h1-10H,11,17H2. The van der Waals surface area contributed by atoms with Gasteiger partial charge >= 0.3 is 0 Å². The second-order valence-electron chi connectivity index (χ2n) is 4.38. The fourth-order valence-corrected chi connectivity index (χ4v) is 2.18. The first-order valence-corrected chi connectivity index (χ1v) is 6.00. The minimum absolute atomic E-state index is 0.789. The zero-order chi connectivity index (χ0) is 12.4. The highest BCUT2D eigenvalue weighted by Crippen LogP contribution is 2.24. The third-order valence-electron chi connectivity index (χ3n) is 3.14. The quantitative estimate of drug-likeness (QED) is 0.690. The molecule has 0 spiro atoms. The van der Waals surface area contributed by atoms with Crippen LogP contribution < -0.4 is 5.73 Å². The van der Waals surface area contributed by atoms with Crippen molar-refractivity contribution in [2.75, 3.05) is 5.73 Å². The van der Waals surface area contributed by atoms with Gasteiger partial charge in [-0.1, -0.05) is 48.5 Å². The lowest BCUT2D eigenvalue weighted by atomic mass is 10.0. The number of fused-ring (bicyclic) bond motifs is 1. The summed E-state index contributed by atoms with van der Waals surface area (Å²) in [6.07, 6.45) is 2.63. The number of nitrogens with two attached hydrogens (primary N) is 1. The highest BCUT2D eigenvalue weighted by atomic mass is 14.7. The molecule has 2 aromatic carbocycles. The minimum atomic E-state index is 0.789. The first kappa shape index (κ1) is 10.8. The summed E-state index contributed by atoms with van der Waals surface area (Å²) >= 11 is 0. The molecule has 0 aliphatic heterocycles. The van der Waals surface area contributed by atoms with Crippen LogP contribution in [0.15, 0.2) is 60.8 Å². The van der Waals surface area contributed by atoms with Crippen molar-refractivity contribution >= 4 is 16.6 Å². The Morgan fingerprint density at radius 3 is 2.56 bits per heavy atom. The summed E-state index contributed by atoms with van der Waals surface area (Å²) in [4.78, 5) is 4.36. The maximum Gasteiger partial charge on any atom is 0.0934 e. The van der Waals surface area contributed by atoms with Crippen molar-refractivity contribution in [2.24, 2.45) is 0 Å². The van der Waals surface area contributed by atoms with Crippen LogP contribution in [0.1, 0.15) is 11.1 Å². The lowest BCUT2D eigenvalue weighted by Gasteiger charge is -2.08. The van der Waals surface area contributed by atoms with Crippen molar-refractivity contribution in [3.05, 3.63) is 71.9 Å². The zero-order valence-corrected chi connectivity index (χ0v) is 10.0. The summed E-state index contributed by atoms with van der Waals surface area (Å²) in [6.45, 7) is 0.